The van der Waals surface area contributed by atoms with Crippen LogP contribution >= 0.6 is 0 Å². The van der Waals surface area contributed by atoms with Crippen LogP contribution < -0.4 is 10.1 Å². The maximum Gasteiger partial charge on any atom is 0.194 e. The number of nitrogens with one attached hydrogen (secondary N) is 1. The molecule has 0 saturated carbocycles. The summed E-state index contributed by atoms with van der Waals surface area (Å²) in [4.78, 5) is 4.35. The van der Waals surface area contributed by atoms with E-state index in [1.165, 1.54) is 0 Å². The van der Waals surface area contributed by atoms with Crippen molar-refractivity contribution >= 4 is 0 Å². The van der Waals surface area contributed by atoms with Crippen molar-refractivity contribution in [3.05, 3.63) is 36.4 Å². The second-order valence-corrected chi connectivity index (χ2v) is 6.13. The number of methoxy groups -OCH3 is 1. The lowest BCUT2D eigenvalue weighted by Crippen LogP contribution is -2.36. The Bertz CT molecular complexity index is 570. The Morgan fingerprint density at radius 1 is 1.29 bits per heavy atom. The third-order valence-corrected chi connectivity index (χ3v) is 3.13. The monoisotopic (exact) mass is 288 g/mol. The van der Waals surface area contributed by atoms with Gasteiger partial charge < -0.3 is 14.5 Å². The molecule has 0 bridgehead atoms. The molecule has 1 aromatic heterocycles. The first-order chi connectivity index (χ1) is 9.98. The molecule has 0 unspecified atom stereocenters. The van der Waals surface area contributed by atoms with Crippen LogP contribution in [0.1, 0.15) is 33.1 Å². The fraction of sp³-hybridized carbons (Fsp3) is 0.471. The predicted octanol–water partition coefficient (Wildman–Crippen LogP) is 3.67. The van der Waals surface area contributed by atoms with E-state index in [0.29, 0.717) is 0 Å². The minimum Gasteiger partial charge on any atom is -0.497 e. The van der Waals surface area contributed by atoms with E-state index in [4.69, 9.17) is 9.15 Å². The normalized spacial score (nSPS) is 11.6. The van der Waals surface area contributed by atoms with Crippen LogP contribution in [0.25, 0.3) is 11.3 Å². The van der Waals surface area contributed by atoms with Crippen LogP contribution in [-0.4, -0.2) is 24.2 Å². The van der Waals surface area contributed by atoms with Crippen LogP contribution in [-0.2, 0) is 6.42 Å². The highest BCUT2D eigenvalue weighted by Crippen LogP contribution is 2.24. The summed E-state index contributed by atoms with van der Waals surface area (Å²) in [6.45, 7) is 7.46. The van der Waals surface area contributed by atoms with Crippen molar-refractivity contribution in [2.75, 3.05) is 13.7 Å². The van der Waals surface area contributed by atoms with Gasteiger partial charge in [0, 0.05) is 17.5 Å². The van der Waals surface area contributed by atoms with Gasteiger partial charge >= 0.3 is 0 Å². The fourth-order valence-electron chi connectivity index (χ4n) is 2.04. The van der Waals surface area contributed by atoms with Gasteiger partial charge in [-0.15, -0.1) is 0 Å². The number of rotatable bonds is 6. The molecule has 0 saturated heterocycles. The van der Waals surface area contributed by atoms with Gasteiger partial charge in [0.25, 0.3) is 0 Å². The highest BCUT2D eigenvalue weighted by Gasteiger charge is 2.09. The fourth-order valence-corrected chi connectivity index (χ4v) is 2.04. The number of nitrogens with zero attached hydrogens (tertiary/aromatic N) is 1. The van der Waals surface area contributed by atoms with Crippen LogP contribution in [0.4, 0.5) is 0 Å². The largest absolute Gasteiger partial charge is 0.497 e. The standard InChI is InChI=1S/C17H24N2O2/c1-17(2,3)19-10-6-9-16-18-12-15(21-16)13-7-5-8-14(11-13)20-4/h5,7-8,11-12,19H,6,9-10H2,1-4H3. The molecule has 0 spiro atoms. The third-order valence-electron chi connectivity index (χ3n) is 3.13. The van der Waals surface area contributed by atoms with E-state index in [0.717, 1.165) is 42.4 Å². The van der Waals surface area contributed by atoms with Crippen LogP contribution in [0.5, 0.6) is 5.75 Å². The van der Waals surface area contributed by atoms with Gasteiger partial charge in [-0.2, -0.15) is 0 Å². The summed E-state index contributed by atoms with van der Waals surface area (Å²) in [5.74, 6) is 2.39. The van der Waals surface area contributed by atoms with Gasteiger partial charge in [0.15, 0.2) is 11.7 Å². The van der Waals surface area contributed by atoms with E-state index < -0.39 is 0 Å². The quantitative estimate of drug-likeness (QED) is 0.824. The molecule has 4 nitrogen and oxygen atoms in total. The highest BCUT2D eigenvalue weighted by atomic mass is 16.5. The molecule has 1 aromatic carbocycles. The number of hydrogen-bond acceptors (Lipinski definition) is 4. The molecular formula is C17H24N2O2. The molecule has 2 rings (SSSR count). The van der Waals surface area contributed by atoms with Crippen LogP contribution in [0.3, 0.4) is 0 Å². The Kier molecular flexibility index (Phi) is 5.02. The van der Waals surface area contributed by atoms with Gasteiger partial charge in [-0.05, 0) is 45.9 Å². The first-order valence-electron chi connectivity index (χ1n) is 7.32. The van der Waals surface area contributed by atoms with Crippen molar-refractivity contribution in [3.8, 4) is 17.1 Å². The molecule has 1 N–H and O–H groups in total. The number of hydrogen-bond donors (Lipinski definition) is 1. The average molecular weight is 288 g/mol. The molecule has 4 heteroatoms. The Labute approximate surface area is 126 Å². The Balaban J connectivity index is 1.92. The van der Waals surface area contributed by atoms with Gasteiger partial charge in [0.05, 0.1) is 13.3 Å². The summed E-state index contributed by atoms with van der Waals surface area (Å²) < 4.78 is 11.0. The minimum absolute atomic E-state index is 0.155. The smallest absolute Gasteiger partial charge is 0.194 e. The Hall–Kier alpha value is -1.81. The van der Waals surface area contributed by atoms with Crippen molar-refractivity contribution in [2.45, 2.75) is 39.2 Å². The van der Waals surface area contributed by atoms with Gasteiger partial charge in [0.2, 0.25) is 0 Å². The van der Waals surface area contributed by atoms with Crippen molar-refractivity contribution in [3.63, 3.8) is 0 Å². The van der Waals surface area contributed by atoms with E-state index in [9.17, 15) is 0 Å². The molecule has 0 amide bonds. The van der Waals surface area contributed by atoms with E-state index in [1.807, 2.05) is 24.3 Å². The summed E-state index contributed by atoms with van der Waals surface area (Å²) in [7, 11) is 1.66. The van der Waals surface area contributed by atoms with Crippen molar-refractivity contribution in [2.24, 2.45) is 0 Å². The van der Waals surface area contributed by atoms with Crippen LogP contribution in [0, 0.1) is 0 Å². The molecule has 2 aromatic rings. The van der Waals surface area contributed by atoms with Crippen molar-refractivity contribution in [1.82, 2.24) is 10.3 Å². The van der Waals surface area contributed by atoms with E-state index in [1.54, 1.807) is 13.3 Å². The number of oxazole rings is 1. The van der Waals surface area contributed by atoms with Gasteiger partial charge in [-0.1, -0.05) is 12.1 Å². The van der Waals surface area contributed by atoms with Gasteiger partial charge in [-0.3, -0.25) is 0 Å². The topological polar surface area (TPSA) is 47.3 Å². The first kappa shape index (κ1) is 15.6. The SMILES string of the molecule is COc1cccc(-c2cnc(CCCNC(C)(C)C)o2)c1. The molecule has 21 heavy (non-hydrogen) atoms. The number of benzene rings is 1. The summed E-state index contributed by atoms with van der Waals surface area (Å²) in [6, 6.07) is 7.81. The van der Waals surface area contributed by atoms with Crippen molar-refractivity contribution < 1.29 is 9.15 Å². The van der Waals surface area contributed by atoms with E-state index in [-0.39, 0.29) is 5.54 Å². The highest BCUT2D eigenvalue weighted by molar-refractivity contribution is 5.58. The number of aryl methyl sites for hydroxylation is 1. The molecule has 0 aliphatic heterocycles. The summed E-state index contributed by atoms with van der Waals surface area (Å²) >= 11 is 0. The second kappa shape index (κ2) is 6.76. The molecule has 0 fully saturated rings. The Morgan fingerprint density at radius 2 is 2.10 bits per heavy atom. The molecule has 0 atom stereocenters. The number of aromatic nitrogens is 1. The molecule has 0 aliphatic rings. The maximum absolute atomic E-state index is 5.81. The molecule has 0 aliphatic carbocycles. The van der Waals surface area contributed by atoms with E-state index >= 15 is 0 Å². The third kappa shape index (κ3) is 4.90. The zero-order chi connectivity index (χ0) is 15.3. The molecule has 1 heterocycles. The van der Waals surface area contributed by atoms with Gasteiger partial charge in [-0.25, -0.2) is 4.98 Å². The number of ether oxygens (including phenoxy) is 1. The Morgan fingerprint density at radius 3 is 2.81 bits per heavy atom. The average Bonchev–Trinajstić information content (AvgIpc) is 2.91. The lowest BCUT2D eigenvalue weighted by atomic mass is 10.1. The lowest BCUT2D eigenvalue weighted by molar-refractivity contribution is 0.412. The molecule has 114 valence electrons. The molecule has 0 radical (unpaired) electrons. The predicted molar refractivity (Wildman–Crippen MR) is 84.6 cm³/mol. The summed E-state index contributed by atoms with van der Waals surface area (Å²) in [5.41, 5.74) is 1.14. The zero-order valence-corrected chi connectivity index (χ0v) is 13.3. The second-order valence-electron chi connectivity index (χ2n) is 6.13. The molecular weight excluding hydrogens is 264 g/mol. The van der Waals surface area contributed by atoms with Crippen molar-refractivity contribution in [1.29, 1.82) is 0 Å². The van der Waals surface area contributed by atoms with Crippen LogP contribution in [0.2, 0.25) is 0 Å². The first-order valence-corrected chi connectivity index (χ1v) is 7.32. The van der Waals surface area contributed by atoms with E-state index in [2.05, 4.69) is 31.1 Å². The lowest BCUT2D eigenvalue weighted by Gasteiger charge is -2.19. The van der Waals surface area contributed by atoms with Crippen LogP contribution in [0.15, 0.2) is 34.9 Å². The summed E-state index contributed by atoms with van der Waals surface area (Å²) in [6.07, 6.45) is 3.63. The summed E-state index contributed by atoms with van der Waals surface area (Å²) in [5, 5.41) is 3.46. The minimum atomic E-state index is 0.155. The maximum atomic E-state index is 5.81. The van der Waals surface area contributed by atoms with Gasteiger partial charge in [0.1, 0.15) is 5.75 Å². The zero-order valence-electron chi connectivity index (χ0n) is 13.3.